The molecule has 1 fully saturated rings. The van der Waals surface area contributed by atoms with Crippen LogP contribution in [-0.2, 0) is 0 Å². The standard InChI is InChI=1S/C19H23N5O2/c1-13(2)23-11-16(20-12-23)18(25)22-9-7-14(8-10-22)24-17-6-4-3-5-15(17)21-19(24)26/h3-6,11-14H,7-10H2,1-2H3,(H,21,26). The molecule has 3 heterocycles. The topological polar surface area (TPSA) is 75.9 Å². The number of likely N-dealkylation sites (tertiary alicyclic amines) is 1. The summed E-state index contributed by atoms with van der Waals surface area (Å²) in [6.07, 6.45) is 5.04. The molecule has 0 unspecified atom stereocenters. The zero-order valence-electron chi connectivity index (χ0n) is 15.1. The molecule has 4 rings (SSSR count). The molecule has 2 aromatic heterocycles. The number of benzene rings is 1. The molecule has 26 heavy (non-hydrogen) atoms. The normalized spacial score (nSPS) is 15.9. The Balaban J connectivity index is 1.49. The van der Waals surface area contributed by atoms with Crippen molar-refractivity contribution in [2.75, 3.05) is 13.1 Å². The first-order valence-corrected chi connectivity index (χ1v) is 9.06. The van der Waals surface area contributed by atoms with Crippen molar-refractivity contribution >= 4 is 16.9 Å². The number of hydrogen-bond acceptors (Lipinski definition) is 3. The number of rotatable bonds is 3. The molecule has 1 aliphatic heterocycles. The Morgan fingerprint density at radius 2 is 1.96 bits per heavy atom. The largest absolute Gasteiger partial charge is 0.337 e. The van der Waals surface area contributed by atoms with Crippen molar-refractivity contribution in [3.8, 4) is 0 Å². The lowest BCUT2D eigenvalue weighted by Gasteiger charge is -2.32. The van der Waals surface area contributed by atoms with Crippen molar-refractivity contribution in [1.82, 2.24) is 24.0 Å². The molecule has 1 aromatic carbocycles. The van der Waals surface area contributed by atoms with Crippen LogP contribution in [0.15, 0.2) is 41.6 Å². The molecule has 0 atom stereocenters. The molecule has 7 nitrogen and oxygen atoms in total. The van der Waals surface area contributed by atoms with E-state index in [0.717, 1.165) is 23.9 Å². The molecule has 1 aliphatic rings. The van der Waals surface area contributed by atoms with E-state index in [2.05, 4.69) is 23.8 Å². The predicted octanol–water partition coefficient (Wildman–Crippen LogP) is 2.58. The summed E-state index contributed by atoms with van der Waals surface area (Å²) in [6, 6.07) is 8.12. The van der Waals surface area contributed by atoms with Gasteiger partial charge in [-0.15, -0.1) is 0 Å². The van der Waals surface area contributed by atoms with Crippen LogP contribution in [0.5, 0.6) is 0 Å². The van der Waals surface area contributed by atoms with Crippen molar-refractivity contribution in [1.29, 1.82) is 0 Å². The summed E-state index contributed by atoms with van der Waals surface area (Å²) in [7, 11) is 0. The van der Waals surface area contributed by atoms with E-state index in [1.807, 2.05) is 44.5 Å². The number of aromatic nitrogens is 4. The van der Waals surface area contributed by atoms with Crippen molar-refractivity contribution in [3.63, 3.8) is 0 Å². The average Bonchev–Trinajstić information content (AvgIpc) is 3.25. The van der Waals surface area contributed by atoms with Crippen molar-refractivity contribution in [2.24, 2.45) is 0 Å². The maximum absolute atomic E-state index is 12.7. The van der Waals surface area contributed by atoms with E-state index >= 15 is 0 Å². The van der Waals surface area contributed by atoms with Gasteiger partial charge in [0.05, 0.1) is 17.4 Å². The first-order valence-electron chi connectivity index (χ1n) is 9.06. The first kappa shape index (κ1) is 16.6. The number of amides is 1. The highest BCUT2D eigenvalue weighted by Crippen LogP contribution is 2.25. The fourth-order valence-corrected chi connectivity index (χ4v) is 3.66. The van der Waals surface area contributed by atoms with Gasteiger partial charge in [-0.2, -0.15) is 0 Å². The van der Waals surface area contributed by atoms with E-state index in [1.54, 1.807) is 6.33 Å². The number of fused-ring (bicyclic) bond motifs is 1. The summed E-state index contributed by atoms with van der Waals surface area (Å²) in [6.45, 7) is 5.37. The molecule has 0 saturated carbocycles. The summed E-state index contributed by atoms with van der Waals surface area (Å²) in [4.78, 5) is 34.0. The monoisotopic (exact) mass is 353 g/mol. The number of hydrogen-bond donors (Lipinski definition) is 1. The molecule has 0 spiro atoms. The Morgan fingerprint density at radius 3 is 2.65 bits per heavy atom. The number of carbonyl (C=O) groups excluding carboxylic acids is 1. The van der Waals surface area contributed by atoms with E-state index < -0.39 is 0 Å². The van der Waals surface area contributed by atoms with E-state index in [9.17, 15) is 9.59 Å². The number of imidazole rings is 2. The fourth-order valence-electron chi connectivity index (χ4n) is 3.66. The maximum Gasteiger partial charge on any atom is 0.326 e. The minimum absolute atomic E-state index is 0.0332. The van der Waals surface area contributed by atoms with Crippen LogP contribution < -0.4 is 5.69 Å². The number of piperidine rings is 1. The van der Waals surface area contributed by atoms with Gasteiger partial charge in [0.1, 0.15) is 5.69 Å². The summed E-state index contributed by atoms with van der Waals surface area (Å²) in [5.74, 6) is -0.0332. The zero-order chi connectivity index (χ0) is 18.3. The van der Waals surface area contributed by atoms with Gasteiger partial charge in [0.2, 0.25) is 0 Å². The second kappa shape index (κ2) is 6.48. The van der Waals surface area contributed by atoms with Gasteiger partial charge in [0, 0.05) is 31.4 Å². The van der Waals surface area contributed by atoms with Gasteiger partial charge in [0.25, 0.3) is 5.91 Å². The number of aromatic amines is 1. The Kier molecular flexibility index (Phi) is 4.14. The Morgan fingerprint density at radius 1 is 1.23 bits per heavy atom. The highest BCUT2D eigenvalue weighted by Gasteiger charge is 2.27. The highest BCUT2D eigenvalue weighted by molar-refractivity contribution is 5.92. The maximum atomic E-state index is 12.7. The predicted molar refractivity (Wildman–Crippen MR) is 99.3 cm³/mol. The number of H-pyrrole nitrogens is 1. The van der Waals surface area contributed by atoms with Crippen LogP contribution in [0.4, 0.5) is 0 Å². The highest BCUT2D eigenvalue weighted by atomic mass is 16.2. The van der Waals surface area contributed by atoms with Crippen LogP contribution in [-0.4, -0.2) is 43.0 Å². The summed E-state index contributed by atoms with van der Waals surface area (Å²) >= 11 is 0. The fraction of sp³-hybridized carbons (Fsp3) is 0.421. The van der Waals surface area contributed by atoms with Gasteiger partial charge >= 0.3 is 5.69 Å². The van der Waals surface area contributed by atoms with Crippen molar-refractivity contribution < 1.29 is 4.79 Å². The summed E-state index contributed by atoms with van der Waals surface area (Å²) < 4.78 is 3.77. The minimum atomic E-state index is -0.0772. The van der Waals surface area contributed by atoms with E-state index in [-0.39, 0.29) is 23.7 Å². The Hall–Kier alpha value is -2.83. The number of carbonyl (C=O) groups is 1. The first-order chi connectivity index (χ1) is 12.5. The van der Waals surface area contributed by atoms with Crippen LogP contribution >= 0.6 is 0 Å². The van der Waals surface area contributed by atoms with Gasteiger partial charge in [-0.1, -0.05) is 12.1 Å². The lowest BCUT2D eigenvalue weighted by Crippen LogP contribution is -2.40. The van der Waals surface area contributed by atoms with E-state index in [4.69, 9.17) is 0 Å². The quantitative estimate of drug-likeness (QED) is 0.786. The SMILES string of the molecule is CC(C)n1cnc(C(=O)N2CCC(n3c(=O)[nH]c4ccccc43)CC2)c1. The van der Waals surface area contributed by atoms with Crippen LogP contribution in [0, 0.1) is 0 Å². The van der Waals surface area contributed by atoms with Crippen LogP contribution in [0.3, 0.4) is 0 Å². The molecule has 0 aliphatic carbocycles. The number of para-hydroxylation sites is 2. The molecular formula is C19H23N5O2. The number of nitrogens with zero attached hydrogens (tertiary/aromatic N) is 4. The molecule has 1 saturated heterocycles. The second-order valence-electron chi connectivity index (χ2n) is 7.14. The molecule has 1 amide bonds. The van der Waals surface area contributed by atoms with Gasteiger partial charge < -0.3 is 14.5 Å². The van der Waals surface area contributed by atoms with Gasteiger partial charge in [-0.25, -0.2) is 9.78 Å². The van der Waals surface area contributed by atoms with Gasteiger partial charge in [0.15, 0.2) is 0 Å². The van der Waals surface area contributed by atoms with Crippen LogP contribution in [0.2, 0.25) is 0 Å². The molecule has 136 valence electrons. The minimum Gasteiger partial charge on any atom is -0.337 e. The summed E-state index contributed by atoms with van der Waals surface area (Å²) in [5.41, 5.74) is 2.20. The van der Waals surface area contributed by atoms with Gasteiger partial charge in [-0.3, -0.25) is 9.36 Å². The molecule has 0 radical (unpaired) electrons. The Bertz CT molecular complexity index is 989. The number of nitrogens with one attached hydrogen (secondary N) is 1. The van der Waals surface area contributed by atoms with Crippen molar-refractivity contribution in [2.45, 2.75) is 38.8 Å². The molecule has 0 bridgehead atoms. The summed E-state index contributed by atoms with van der Waals surface area (Å²) in [5, 5.41) is 0. The van der Waals surface area contributed by atoms with Gasteiger partial charge in [-0.05, 0) is 38.8 Å². The molecule has 7 heteroatoms. The second-order valence-corrected chi connectivity index (χ2v) is 7.14. The van der Waals surface area contributed by atoms with E-state index in [1.165, 1.54) is 0 Å². The zero-order valence-corrected chi connectivity index (χ0v) is 15.1. The van der Waals surface area contributed by atoms with E-state index in [0.29, 0.717) is 18.8 Å². The lowest BCUT2D eigenvalue weighted by molar-refractivity contribution is 0.0689. The smallest absolute Gasteiger partial charge is 0.326 e. The van der Waals surface area contributed by atoms with Crippen LogP contribution in [0.1, 0.15) is 49.3 Å². The third-order valence-electron chi connectivity index (χ3n) is 5.16. The third-order valence-corrected chi connectivity index (χ3v) is 5.16. The molecular weight excluding hydrogens is 330 g/mol. The third kappa shape index (κ3) is 2.83. The van der Waals surface area contributed by atoms with Crippen LogP contribution in [0.25, 0.3) is 11.0 Å². The molecule has 1 N–H and O–H groups in total. The Labute approximate surface area is 151 Å². The lowest BCUT2D eigenvalue weighted by atomic mass is 10.0. The molecule has 3 aromatic rings. The average molecular weight is 353 g/mol. The van der Waals surface area contributed by atoms with Crippen molar-refractivity contribution in [3.05, 3.63) is 53.0 Å².